The maximum Gasteiger partial charge on any atom is 0.231 e. The molecule has 0 radical (unpaired) electrons. The zero-order chi connectivity index (χ0) is 14.9. The Morgan fingerprint density at radius 3 is 2.91 bits per heavy atom. The third kappa shape index (κ3) is 2.72. The fourth-order valence-corrected chi connectivity index (χ4v) is 3.09. The molecule has 1 atom stereocenters. The molecule has 6 heteroatoms. The summed E-state index contributed by atoms with van der Waals surface area (Å²) in [4.78, 5) is 4.46. The molecule has 4 rings (SSSR count). The molecule has 2 aliphatic heterocycles. The lowest BCUT2D eigenvalue weighted by Crippen LogP contribution is -2.25. The van der Waals surface area contributed by atoms with Crippen molar-refractivity contribution in [1.82, 2.24) is 10.3 Å². The van der Waals surface area contributed by atoms with Gasteiger partial charge in [-0.1, -0.05) is 11.6 Å². The molecule has 1 aromatic heterocycles. The summed E-state index contributed by atoms with van der Waals surface area (Å²) in [7, 11) is 0. The molecule has 116 valence electrons. The minimum Gasteiger partial charge on any atom is -0.454 e. The van der Waals surface area contributed by atoms with E-state index in [-0.39, 0.29) is 6.79 Å². The van der Waals surface area contributed by atoms with Gasteiger partial charge < -0.3 is 19.5 Å². The molecule has 2 aliphatic rings. The predicted molar refractivity (Wildman–Crippen MR) is 83.6 cm³/mol. The normalized spacial score (nSPS) is 20.0. The van der Waals surface area contributed by atoms with Crippen LogP contribution in [0.2, 0.25) is 5.15 Å². The lowest BCUT2D eigenvalue weighted by atomic mass is 10.1. The van der Waals surface area contributed by atoms with Crippen LogP contribution < -0.4 is 14.8 Å². The number of nitrogens with zero attached hydrogens (tertiary/aromatic N) is 1. The van der Waals surface area contributed by atoms with Gasteiger partial charge in [0.05, 0.1) is 11.6 Å². The van der Waals surface area contributed by atoms with E-state index in [0.717, 1.165) is 54.0 Å². The van der Waals surface area contributed by atoms with E-state index in [2.05, 4.69) is 16.4 Å². The first-order valence-corrected chi connectivity index (χ1v) is 7.88. The summed E-state index contributed by atoms with van der Waals surface area (Å²) in [6.07, 6.45) is 2.60. The number of ether oxygens (including phenoxy) is 3. The van der Waals surface area contributed by atoms with Crippen molar-refractivity contribution in [3.05, 3.63) is 28.9 Å². The Balaban J connectivity index is 1.52. The number of hydrogen-bond acceptors (Lipinski definition) is 5. The standard InChI is InChI=1S/C16H17ClN2O3/c17-16-11(7-18-8-12-2-1-3-20-12)4-10-5-14-15(22-9-21-14)6-13(10)19-16/h4-6,12,18H,1-3,7-9H2/t12-/m0/s1. The first-order chi connectivity index (χ1) is 10.8. The predicted octanol–water partition coefficient (Wildman–Crippen LogP) is 2.89. The number of rotatable bonds is 4. The summed E-state index contributed by atoms with van der Waals surface area (Å²) in [5.74, 6) is 1.48. The molecule has 1 N–H and O–H groups in total. The molecule has 0 spiro atoms. The van der Waals surface area contributed by atoms with Crippen LogP contribution >= 0.6 is 11.6 Å². The summed E-state index contributed by atoms with van der Waals surface area (Å²) in [5, 5.41) is 4.92. The van der Waals surface area contributed by atoms with E-state index in [1.54, 1.807) is 0 Å². The minimum atomic E-state index is 0.259. The third-order valence-corrected chi connectivity index (χ3v) is 4.37. The lowest BCUT2D eigenvalue weighted by Gasteiger charge is -2.12. The highest BCUT2D eigenvalue weighted by molar-refractivity contribution is 6.30. The first kappa shape index (κ1) is 14.1. The van der Waals surface area contributed by atoms with Gasteiger partial charge in [-0.15, -0.1) is 0 Å². The van der Waals surface area contributed by atoms with Gasteiger partial charge in [-0.25, -0.2) is 4.98 Å². The van der Waals surface area contributed by atoms with Crippen LogP contribution in [0.4, 0.5) is 0 Å². The maximum atomic E-state index is 6.30. The van der Waals surface area contributed by atoms with Crippen LogP contribution in [0.1, 0.15) is 18.4 Å². The Morgan fingerprint density at radius 2 is 2.09 bits per heavy atom. The van der Waals surface area contributed by atoms with Crippen LogP contribution in [-0.4, -0.2) is 31.0 Å². The second-order valence-corrected chi connectivity index (χ2v) is 5.96. The topological polar surface area (TPSA) is 52.6 Å². The highest BCUT2D eigenvalue weighted by atomic mass is 35.5. The van der Waals surface area contributed by atoms with Gasteiger partial charge in [0.2, 0.25) is 6.79 Å². The van der Waals surface area contributed by atoms with Crippen LogP contribution in [0.3, 0.4) is 0 Å². The molecule has 0 saturated carbocycles. The Labute approximate surface area is 133 Å². The smallest absolute Gasteiger partial charge is 0.231 e. The second-order valence-electron chi connectivity index (χ2n) is 5.60. The highest BCUT2D eigenvalue weighted by Crippen LogP contribution is 2.36. The Bertz CT molecular complexity index is 701. The van der Waals surface area contributed by atoms with Gasteiger partial charge in [-0.2, -0.15) is 0 Å². The summed E-state index contributed by atoms with van der Waals surface area (Å²) in [6.45, 7) is 2.65. The van der Waals surface area contributed by atoms with Crippen molar-refractivity contribution in [2.75, 3.05) is 19.9 Å². The first-order valence-electron chi connectivity index (χ1n) is 7.51. The van der Waals surface area contributed by atoms with Crippen LogP contribution in [-0.2, 0) is 11.3 Å². The van der Waals surface area contributed by atoms with E-state index in [0.29, 0.717) is 17.8 Å². The van der Waals surface area contributed by atoms with Crippen molar-refractivity contribution in [1.29, 1.82) is 0 Å². The lowest BCUT2D eigenvalue weighted by molar-refractivity contribution is 0.110. The number of aromatic nitrogens is 1. The van der Waals surface area contributed by atoms with E-state index in [4.69, 9.17) is 25.8 Å². The molecule has 1 fully saturated rings. The van der Waals surface area contributed by atoms with E-state index in [1.165, 1.54) is 0 Å². The fourth-order valence-electron chi connectivity index (χ4n) is 2.88. The van der Waals surface area contributed by atoms with Crippen molar-refractivity contribution in [3.63, 3.8) is 0 Å². The van der Waals surface area contributed by atoms with Gasteiger partial charge in [-0.3, -0.25) is 0 Å². The summed E-state index contributed by atoms with van der Waals surface area (Å²) >= 11 is 6.30. The number of pyridine rings is 1. The van der Waals surface area contributed by atoms with Gasteiger partial charge in [0.15, 0.2) is 11.5 Å². The van der Waals surface area contributed by atoms with Gasteiger partial charge in [0, 0.05) is 36.7 Å². The fraction of sp³-hybridized carbons (Fsp3) is 0.438. The number of hydrogen-bond donors (Lipinski definition) is 1. The van der Waals surface area contributed by atoms with E-state index in [1.807, 2.05) is 12.1 Å². The summed E-state index contributed by atoms with van der Waals surface area (Å²) in [5.41, 5.74) is 1.79. The molecular formula is C16H17ClN2O3. The van der Waals surface area contributed by atoms with Gasteiger partial charge in [0.25, 0.3) is 0 Å². The van der Waals surface area contributed by atoms with Crippen molar-refractivity contribution in [2.45, 2.75) is 25.5 Å². The van der Waals surface area contributed by atoms with Crippen LogP contribution in [0.5, 0.6) is 11.5 Å². The molecule has 3 heterocycles. The second kappa shape index (κ2) is 5.91. The van der Waals surface area contributed by atoms with E-state index < -0.39 is 0 Å². The quantitative estimate of drug-likeness (QED) is 0.878. The Kier molecular flexibility index (Phi) is 3.78. The number of fused-ring (bicyclic) bond motifs is 2. The molecule has 0 amide bonds. The van der Waals surface area contributed by atoms with Gasteiger partial charge in [-0.05, 0) is 25.0 Å². The zero-order valence-corrected chi connectivity index (χ0v) is 12.9. The van der Waals surface area contributed by atoms with Gasteiger partial charge in [0.1, 0.15) is 5.15 Å². The molecule has 0 bridgehead atoms. The monoisotopic (exact) mass is 320 g/mol. The Morgan fingerprint density at radius 1 is 1.23 bits per heavy atom. The average molecular weight is 321 g/mol. The molecule has 1 aromatic carbocycles. The van der Waals surface area contributed by atoms with Crippen LogP contribution in [0.15, 0.2) is 18.2 Å². The molecule has 0 aliphatic carbocycles. The van der Waals surface area contributed by atoms with Crippen molar-refractivity contribution in [2.24, 2.45) is 0 Å². The number of nitrogens with one attached hydrogen (secondary N) is 1. The molecule has 5 nitrogen and oxygen atoms in total. The van der Waals surface area contributed by atoms with Crippen molar-refractivity contribution in [3.8, 4) is 11.5 Å². The van der Waals surface area contributed by atoms with Crippen LogP contribution in [0.25, 0.3) is 10.9 Å². The largest absolute Gasteiger partial charge is 0.454 e. The molecule has 2 aromatic rings. The van der Waals surface area contributed by atoms with E-state index >= 15 is 0 Å². The summed E-state index contributed by atoms with van der Waals surface area (Å²) in [6, 6.07) is 5.87. The van der Waals surface area contributed by atoms with Crippen molar-refractivity contribution < 1.29 is 14.2 Å². The maximum absolute atomic E-state index is 6.30. The van der Waals surface area contributed by atoms with Crippen LogP contribution in [0, 0.1) is 0 Å². The highest BCUT2D eigenvalue weighted by Gasteiger charge is 2.17. The number of halogens is 1. The SMILES string of the molecule is Clc1nc2cc3c(cc2cc1CNC[C@@H]1CCCO1)OCO3. The third-order valence-electron chi connectivity index (χ3n) is 4.05. The van der Waals surface area contributed by atoms with Gasteiger partial charge >= 0.3 is 0 Å². The molecule has 22 heavy (non-hydrogen) atoms. The molecular weight excluding hydrogens is 304 g/mol. The Hall–Kier alpha value is -1.56. The average Bonchev–Trinajstić information content (AvgIpc) is 3.16. The summed E-state index contributed by atoms with van der Waals surface area (Å²) < 4.78 is 16.4. The molecule has 0 unspecified atom stereocenters. The number of benzene rings is 1. The molecule has 1 saturated heterocycles. The minimum absolute atomic E-state index is 0.259. The van der Waals surface area contributed by atoms with Crippen molar-refractivity contribution >= 4 is 22.5 Å². The zero-order valence-electron chi connectivity index (χ0n) is 12.1. The van der Waals surface area contributed by atoms with E-state index in [9.17, 15) is 0 Å².